The summed E-state index contributed by atoms with van der Waals surface area (Å²) in [5.74, 6) is 0.613. The maximum atomic E-state index is 12.2. The monoisotopic (exact) mass is 405 g/mol. The molecule has 0 saturated heterocycles. The Hall–Kier alpha value is -2.81. The molecule has 1 aliphatic carbocycles. The molecule has 2 rings (SSSR count). The second-order valence-electron chi connectivity index (χ2n) is 8.64. The summed E-state index contributed by atoms with van der Waals surface area (Å²) >= 11 is 0. The number of methoxy groups -OCH3 is 1. The van der Waals surface area contributed by atoms with Crippen LogP contribution in [-0.2, 0) is 4.79 Å². The van der Waals surface area contributed by atoms with Gasteiger partial charge in [0.05, 0.1) is 7.11 Å². The number of hydrogen-bond acceptors (Lipinski definition) is 2. The first-order chi connectivity index (χ1) is 14.2. The van der Waals surface area contributed by atoms with Crippen LogP contribution in [-0.4, -0.2) is 13.0 Å². The molecule has 1 N–H and O–H groups in total. The highest BCUT2D eigenvalue weighted by Crippen LogP contribution is 2.40. The fourth-order valence-electron chi connectivity index (χ4n) is 3.74. The van der Waals surface area contributed by atoms with Crippen molar-refractivity contribution in [1.29, 1.82) is 0 Å². The van der Waals surface area contributed by atoms with E-state index < -0.39 is 0 Å². The van der Waals surface area contributed by atoms with Crippen molar-refractivity contribution in [3.63, 3.8) is 0 Å². The minimum absolute atomic E-state index is 0.148. The molecule has 1 aliphatic rings. The van der Waals surface area contributed by atoms with E-state index in [0.29, 0.717) is 0 Å². The van der Waals surface area contributed by atoms with Crippen LogP contribution in [0.3, 0.4) is 0 Å². The summed E-state index contributed by atoms with van der Waals surface area (Å²) in [7, 11) is 1.62. The molecule has 0 aromatic heterocycles. The second-order valence-corrected chi connectivity index (χ2v) is 8.64. The predicted molar refractivity (Wildman–Crippen MR) is 128 cm³/mol. The largest absolute Gasteiger partial charge is 0.497 e. The van der Waals surface area contributed by atoms with Gasteiger partial charge in [0.2, 0.25) is 5.91 Å². The Bertz CT molecular complexity index is 893. The third kappa shape index (κ3) is 7.22. The summed E-state index contributed by atoms with van der Waals surface area (Å²) in [6.07, 6.45) is 15.8. The van der Waals surface area contributed by atoms with Crippen molar-refractivity contribution >= 4 is 11.6 Å². The predicted octanol–water partition coefficient (Wildman–Crippen LogP) is 7.17. The Kier molecular flexibility index (Phi) is 8.46. The van der Waals surface area contributed by atoms with E-state index in [1.807, 2.05) is 43.3 Å². The Morgan fingerprint density at radius 1 is 1.10 bits per heavy atom. The van der Waals surface area contributed by atoms with Gasteiger partial charge < -0.3 is 10.1 Å². The second kappa shape index (κ2) is 10.8. The number of benzene rings is 1. The smallest absolute Gasteiger partial charge is 0.248 e. The van der Waals surface area contributed by atoms with Crippen molar-refractivity contribution in [2.24, 2.45) is 5.41 Å². The van der Waals surface area contributed by atoms with Gasteiger partial charge in [-0.1, -0.05) is 55.4 Å². The molecule has 0 spiro atoms. The fraction of sp³-hybridized carbons (Fsp3) is 0.370. The van der Waals surface area contributed by atoms with Crippen molar-refractivity contribution < 1.29 is 9.53 Å². The van der Waals surface area contributed by atoms with Crippen LogP contribution < -0.4 is 10.1 Å². The summed E-state index contributed by atoms with van der Waals surface area (Å²) in [4.78, 5) is 12.2. The van der Waals surface area contributed by atoms with Crippen LogP contribution >= 0.6 is 0 Å². The van der Waals surface area contributed by atoms with Crippen molar-refractivity contribution in [1.82, 2.24) is 0 Å². The molecule has 0 radical (unpaired) electrons. The van der Waals surface area contributed by atoms with Gasteiger partial charge in [0.25, 0.3) is 0 Å². The van der Waals surface area contributed by atoms with E-state index in [2.05, 4.69) is 51.2 Å². The highest BCUT2D eigenvalue weighted by molar-refractivity contribution is 6.00. The lowest BCUT2D eigenvalue weighted by molar-refractivity contribution is -0.111. The number of allylic oxidation sites excluding steroid dienone is 9. The molecule has 0 saturated carbocycles. The zero-order valence-corrected chi connectivity index (χ0v) is 19.2. The van der Waals surface area contributed by atoms with E-state index in [1.54, 1.807) is 13.2 Å². The minimum atomic E-state index is -0.148. The van der Waals surface area contributed by atoms with Gasteiger partial charge >= 0.3 is 0 Å². The van der Waals surface area contributed by atoms with Crippen LogP contribution in [0, 0.1) is 5.41 Å². The van der Waals surface area contributed by atoms with Crippen LogP contribution in [0.15, 0.2) is 83.0 Å². The van der Waals surface area contributed by atoms with E-state index >= 15 is 0 Å². The van der Waals surface area contributed by atoms with Gasteiger partial charge in [-0.2, -0.15) is 0 Å². The molecule has 160 valence electrons. The third-order valence-electron chi connectivity index (χ3n) is 5.49. The minimum Gasteiger partial charge on any atom is -0.497 e. The first-order valence-corrected chi connectivity index (χ1v) is 10.6. The van der Waals surface area contributed by atoms with Gasteiger partial charge in [-0.05, 0) is 80.9 Å². The number of anilines is 1. The standard InChI is InChI=1S/C27H35NO2/c1-20(12-17-25-22(3)11-8-18-27(25,4)5)9-7-10-21(2)19-26(29)28-23-13-15-24(30-6)16-14-23/h7,9-10,12-17,19H,8,11,18H2,1-6H3,(H,28,29)/b10-7+,17-12+,20-9-,21-19-. The maximum Gasteiger partial charge on any atom is 0.248 e. The molecular weight excluding hydrogens is 370 g/mol. The Balaban J connectivity index is 1.95. The van der Waals surface area contributed by atoms with Gasteiger partial charge in [0, 0.05) is 11.8 Å². The van der Waals surface area contributed by atoms with Crippen molar-refractivity contribution in [2.75, 3.05) is 12.4 Å². The number of nitrogens with one attached hydrogen (secondary N) is 1. The SMILES string of the molecule is COc1ccc(NC(=O)\C=C(C)/C=C/C=C(C)\C=C\C2=C(C)CCCC2(C)C)cc1. The van der Waals surface area contributed by atoms with E-state index in [0.717, 1.165) is 17.0 Å². The number of amides is 1. The summed E-state index contributed by atoms with van der Waals surface area (Å²) in [6, 6.07) is 7.27. The van der Waals surface area contributed by atoms with E-state index in [9.17, 15) is 4.79 Å². The third-order valence-corrected chi connectivity index (χ3v) is 5.49. The lowest BCUT2D eigenvalue weighted by Crippen LogP contribution is -2.19. The van der Waals surface area contributed by atoms with E-state index in [1.165, 1.54) is 36.0 Å². The lowest BCUT2D eigenvalue weighted by Gasteiger charge is -2.32. The summed E-state index contributed by atoms with van der Waals surface area (Å²) in [6.45, 7) is 10.9. The highest BCUT2D eigenvalue weighted by atomic mass is 16.5. The number of carbonyl (C=O) groups excluding carboxylic acids is 1. The quantitative estimate of drug-likeness (QED) is 0.386. The molecule has 0 aliphatic heterocycles. The average Bonchev–Trinajstić information content (AvgIpc) is 2.67. The van der Waals surface area contributed by atoms with Crippen LogP contribution in [0.2, 0.25) is 0 Å². The van der Waals surface area contributed by atoms with Crippen molar-refractivity contribution in [3.8, 4) is 5.75 Å². The topological polar surface area (TPSA) is 38.3 Å². The molecule has 1 aromatic carbocycles. The average molecular weight is 406 g/mol. The lowest BCUT2D eigenvalue weighted by atomic mass is 9.72. The number of hydrogen-bond donors (Lipinski definition) is 1. The van der Waals surface area contributed by atoms with Crippen LogP contribution in [0.25, 0.3) is 0 Å². The van der Waals surface area contributed by atoms with Gasteiger partial charge in [-0.25, -0.2) is 0 Å². The molecule has 3 heteroatoms. The first kappa shape index (κ1) is 23.5. The molecule has 0 unspecified atom stereocenters. The molecular formula is C27H35NO2. The van der Waals surface area contributed by atoms with Crippen LogP contribution in [0.5, 0.6) is 5.75 Å². The zero-order chi connectivity index (χ0) is 22.1. The van der Waals surface area contributed by atoms with Gasteiger partial charge in [-0.15, -0.1) is 0 Å². The number of rotatable bonds is 7. The molecule has 3 nitrogen and oxygen atoms in total. The molecule has 0 bridgehead atoms. The van der Waals surface area contributed by atoms with Gasteiger partial charge in [0.1, 0.15) is 5.75 Å². The Labute approximate surface area is 181 Å². The normalized spacial score (nSPS) is 17.7. The molecule has 30 heavy (non-hydrogen) atoms. The molecule has 0 fully saturated rings. The Morgan fingerprint density at radius 3 is 2.43 bits per heavy atom. The number of carbonyl (C=O) groups is 1. The van der Waals surface area contributed by atoms with Gasteiger partial charge in [0.15, 0.2) is 0 Å². The van der Waals surface area contributed by atoms with Crippen LogP contribution in [0.4, 0.5) is 5.69 Å². The first-order valence-electron chi connectivity index (χ1n) is 10.6. The molecule has 0 heterocycles. The summed E-state index contributed by atoms with van der Waals surface area (Å²) in [5.41, 5.74) is 6.05. The van der Waals surface area contributed by atoms with Crippen molar-refractivity contribution in [3.05, 3.63) is 83.0 Å². The zero-order valence-electron chi connectivity index (χ0n) is 19.2. The van der Waals surface area contributed by atoms with Crippen molar-refractivity contribution in [2.45, 2.75) is 53.9 Å². The maximum absolute atomic E-state index is 12.2. The van der Waals surface area contributed by atoms with Gasteiger partial charge in [-0.3, -0.25) is 4.79 Å². The highest BCUT2D eigenvalue weighted by Gasteiger charge is 2.26. The Morgan fingerprint density at radius 2 is 1.80 bits per heavy atom. The summed E-state index contributed by atoms with van der Waals surface area (Å²) in [5, 5.41) is 2.86. The van der Waals surface area contributed by atoms with E-state index in [-0.39, 0.29) is 11.3 Å². The van der Waals surface area contributed by atoms with Crippen LogP contribution in [0.1, 0.15) is 53.9 Å². The summed E-state index contributed by atoms with van der Waals surface area (Å²) < 4.78 is 5.12. The molecule has 1 aromatic rings. The number of ether oxygens (including phenoxy) is 1. The molecule has 0 atom stereocenters. The molecule has 1 amide bonds. The fourth-order valence-corrected chi connectivity index (χ4v) is 3.74. The van der Waals surface area contributed by atoms with E-state index in [4.69, 9.17) is 4.74 Å².